The molecular formula is C17H13IN2O3. The van der Waals surface area contributed by atoms with Crippen LogP contribution >= 0.6 is 22.6 Å². The lowest BCUT2D eigenvalue weighted by Gasteiger charge is -2.21. The lowest BCUT2D eigenvalue weighted by atomic mass is 9.86. The van der Waals surface area contributed by atoms with Crippen molar-refractivity contribution >= 4 is 28.3 Å². The Morgan fingerprint density at radius 3 is 2.17 bits per heavy atom. The topological polar surface area (TPSA) is 59.0 Å². The second-order valence-corrected chi connectivity index (χ2v) is 7.29. The van der Waals surface area contributed by atoms with E-state index >= 15 is 0 Å². The molecule has 2 unspecified atom stereocenters. The van der Waals surface area contributed by atoms with Gasteiger partial charge in [0.1, 0.15) is 11.2 Å². The first-order valence-electron chi connectivity index (χ1n) is 7.06. The molecule has 6 heteroatoms. The van der Waals surface area contributed by atoms with Gasteiger partial charge in [0.05, 0.1) is 23.4 Å². The number of rotatable bonds is 1. The summed E-state index contributed by atoms with van der Waals surface area (Å²) in [6, 6.07) is 5.16. The smallest absolute Gasteiger partial charge is 0.205 e. The predicted octanol–water partition coefficient (Wildman–Crippen LogP) is 4.07. The summed E-state index contributed by atoms with van der Waals surface area (Å²) in [6.07, 6.45) is 3.81. The van der Waals surface area contributed by atoms with Crippen molar-refractivity contribution in [1.82, 2.24) is 4.57 Å². The third kappa shape index (κ3) is 1.69. The summed E-state index contributed by atoms with van der Waals surface area (Å²) in [4.78, 5) is 3.43. The zero-order valence-electron chi connectivity index (χ0n) is 12.5. The van der Waals surface area contributed by atoms with Gasteiger partial charge in [-0.25, -0.2) is 4.85 Å². The van der Waals surface area contributed by atoms with Gasteiger partial charge in [0.15, 0.2) is 5.69 Å². The Labute approximate surface area is 146 Å². The molecule has 2 N–H and O–H groups in total. The number of nitrogens with zero attached hydrogens (tertiary/aromatic N) is 2. The van der Waals surface area contributed by atoms with Crippen LogP contribution in [0.5, 0.6) is 11.8 Å². The standard InChI is InChI=1S/C17H13IN2O3/c1-16-6-7-17(2,23-16)13-12(16)14(21)20(15(13)22)9-4-5-11(19-3)10(18)8-9/h4-8,21-22H,1-2H3. The fourth-order valence-electron chi connectivity index (χ4n) is 3.55. The Morgan fingerprint density at radius 2 is 1.70 bits per heavy atom. The molecule has 0 fully saturated rings. The number of halogens is 1. The molecule has 116 valence electrons. The molecule has 4 rings (SSSR count). The van der Waals surface area contributed by atoms with Crippen LogP contribution in [0.2, 0.25) is 0 Å². The van der Waals surface area contributed by atoms with Crippen LogP contribution in [0.1, 0.15) is 25.0 Å². The molecule has 2 bridgehead atoms. The van der Waals surface area contributed by atoms with E-state index in [1.807, 2.05) is 26.0 Å². The van der Waals surface area contributed by atoms with Gasteiger partial charge in [-0.05, 0) is 38.1 Å². The van der Waals surface area contributed by atoms with E-state index in [1.165, 1.54) is 4.57 Å². The minimum atomic E-state index is -0.736. The lowest BCUT2D eigenvalue weighted by molar-refractivity contribution is -0.0517. The van der Waals surface area contributed by atoms with Crippen LogP contribution in [0.4, 0.5) is 5.69 Å². The maximum absolute atomic E-state index is 10.7. The molecule has 3 heterocycles. The summed E-state index contributed by atoms with van der Waals surface area (Å²) in [5.74, 6) is -0.0566. The molecule has 0 saturated carbocycles. The maximum atomic E-state index is 10.7. The van der Waals surface area contributed by atoms with Crippen molar-refractivity contribution < 1.29 is 14.9 Å². The maximum Gasteiger partial charge on any atom is 0.205 e. The molecule has 23 heavy (non-hydrogen) atoms. The van der Waals surface area contributed by atoms with Crippen molar-refractivity contribution in [2.45, 2.75) is 25.0 Å². The largest absolute Gasteiger partial charge is 0.494 e. The number of hydrogen-bond acceptors (Lipinski definition) is 3. The highest BCUT2D eigenvalue weighted by Gasteiger charge is 2.56. The van der Waals surface area contributed by atoms with Gasteiger partial charge >= 0.3 is 0 Å². The van der Waals surface area contributed by atoms with Crippen LogP contribution in [-0.4, -0.2) is 14.8 Å². The number of hydrogen-bond donors (Lipinski definition) is 2. The van der Waals surface area contributed by atoms with Crippen molar-refractivity contribution in [2.75, 3.05) is 0 Å². The fraction of sp³-hybridized carbons (Fsp3) is 0.235. The average molecular weight is 420 g/mol. The number of aromatic hydroxyl groups is 2. The Bertz CT molecular complexity index is 899. The monoisotopic (exact) mass is 420 g/mol. The summed E-state index contributed by atoms with van der Waals surface area (Å²) < 4.78 is 8.16. The molecule has 0 aliphatic carbocycles. The summed E-state index contributed by atoms with van der Waals surface area (Å²) in [5, 5.41) is 21.5. The van der Waals surface area contributed by atoms with Crippen molar-refractivity contribution in [3.05, 3.63) is 56.5 Å². The SMILES string of the molecule is [C-]#[N+]c1ccc(-n2c(O)c3c(c2O)C2(C)C=CC3(C)O2)cc1I. The normalized spacial score (nSPS) is 27.2. The van der Waals surface area contributed by atoms with E-state index in [9.17, 15) is 10.2 Å². The van der Waals surface area contributed by atoms with E-state index in [2.05, 4.69) is 27.4 Å². The molecule has 0 saturated heterocycles. The summed E-state index contributed by atoms with van der Waals surface area (Å²) in [6.45, 7) is 10.9. The first-order valence-corrected chi connectivity index (χ1v) is 8.14. The molecule has 1 aromatic heterocycles. The summed E-state index contributed by atoms with van der Waals surface area (Å²) in [5.41, 5.74) is 0.879. The van der Waals surface area contributed by atoms with Crippen molar-refractivity contribution in [1.29, 1.82) is 0 Å². The molecule has 0 amide bonds. The Hall–Kier alpha value is -1.98. The Morgan fingerprint density at radius 1 is 1.13 bits per heavy atom. The molecular weight excluding hydrogens is 407 g/mol. The number of benzene rings is 1. The van der Waals surface area contributed by atoms with Crippen LogP contribution in [0, 0.1) is 10.1 Å². The fourth-order valence-corrected chi connectivity index (χ4v) is 4.17. The van der Waals surface area contributed by atoms with E-state index in [-0.39, 0.29) is 11.8 Å². The van der Waals surface area contributed by atoms with E-state index in [1.54, 1.807) is 18.2 Å². The highest BCUT2D eigenvalue weighted by molar-refractivity contribution is 14.1. The molecule has 2 atom stereocenters. The van der Waals surface area contributed by atoms with Crippen LogP contribution in [-0.2, 0) is 15.9 Å². The summed E-state index contributed by atoms with van der Waals surface area (Å²) >= 11 is 2.07. The van der Waals surface area contributed by atoms with Crippen molar-refractivity contribution in [3.8, 4) is 17.4 Å². The van der Waals surface area contributed by atoms with Gasteiger partial charge in [-0.1, -0.05) is 28.7 Å². The molecule has 2 aliphatic rings. The average Bonchev–Trinajstić information content (AvgIpc) is 3.04. The molecule has 0 radical (unpaired) electrons. The molecule has 2 aliphatic heterocycles. The quantitative estimate of drug-likeness (QED) is 0.416. The van der Waals surface area contributed by atoms with Gasteiger partial charge in [0.2, 0.25) is 11.8 Å². The van der Waals surface area contributed by atoms with Crippen LogP contribution in [0.25, 0.3) is 10.5 Å². The minimum absolute atomic E-state index is 0.0283. The third-order valence-corrected chi connectivity index (χ3v) is 5.43. The second kappa shape index (κ2) is 4.30. The third-order valence-electron chi connectivity index (χ3n) is 4.57. The van der Waals surface area contributed by atoms with Gasteiger partial charge in [-0.3, -0.25) is 4.57 Å². The van der Waals surface area contributed by atoms with Crippen molar-refractivity contribution in [3.63, 3.8) is 0 Å². The lowest BCUT2D eigenvalue weighted by Crippen LogP contribution is -2.19. The van der Waals surface area contributed by atoms with Gasteiger partial charge in [0, 0.05) is 3.57 Å². The zero-order valence-corrected chi connectivity index (χ0v) is 14.6. The predicted molar refractivity (Wildman–Crippen MR) is 93.0 cm³/mol. The van der Waals surface area contributed by atoms with Crippen molar-refractivity contribution in [2.24, 2.45) is 0 Å². The van der Waals surface area contributed by atoms with Gasteiger partial charge in [-0.2, -0.15) is 0 Å². The van der Waals surface area contributed by atoms with Crippen LogP contribution in [0.3, 0.4) is 0 Å². The molecule has 5 nitrogen and oxygen atoms in total. The van der Waals surface area contributed by atoms with Gasteiger partial charge < -0.3 is 14.9 Å². The zero-order chi connectivity index (χ0) is 16.6. The number of ether oxygens (including phenoxy) is 1. The summed E-state index contributed by atoms with van der Waals surface area (Å²) in [7, 11) is 0. The van der Waals surface area contributed by atoms with E-state index in [0.717, 1.165) is 3.57 Å². The molecule has 0 spiro atoms. The van der Waals surface area contributed by atoms with E-state index in [0.29, 0.717) is 22.5 Å². The first-order chi connectivity index (χ1) is 10.8. The van der Waals surface area contributed by atoms with E-state index in [4.69, 9.17) is 11.3 Å². The van der Waals surface area contributed by atoms with Crippen LogP contribution in [0.15, 0.2) is 30.4 Å². The highest BCUT2D eigenvalue weighted by atomic mass is 127. The minimum Gasteiger partial charge on any atom is -0.494 e. The molecule has 2 aromatic rings. The number of fused-ring (bicyclic) bond motifs is 5. The van der Waals surface area contributed by atoms with E-state index < -0.39 is 11.2 Å². The number of aromatic nitrogens is 1. The van der Waals surface area contributed by atoms with Gasteiger partial charge in [-0.15, -0.1) is 0 Å². The second-order valence-electron chi connectivity index (χ2n) is 6.13. The van der Waals surface area contributed by atoms with Gasteiger partial charge in [0.25, 0.3) is 0 Å². The Balaban J connectivity index is 1.98. The molecule has 1 aromatic carbocycles. The Kier molecular flexibility index (Phi) is 2.73. The highest BCUT2D eigenvalue weighted by Crippen LogP contribution is 2.60. The van der Waals surface area contributed by atoms with Crippen LogP contribution < -0.4 is 0 Å². The first kappa shape index (κ1) is 14.6.